The molecule has 2 N–H and O–H groups in total. The van der Waals surface area contributed by atoms with Gasteiger partial charge in [-0.05, 0) is 50.6 Å². The molecule has 3 heteroatoms. The molecule has 0 saturated carbocycles. The third-order valence-electron chi connectivity index (χ3n) is 3.53. The summed E-state index contributed by atoms with van der Waals surface area (Å²) in [4.78, 5) is 2.49. The van der Waals surface area contributed by atoms with Gasteiger partial charge in [0, 0.05) is 12.6 Å². The number of rotatable bonds is 5. The molecule has 3 nitrogen and oxygen atoms in total. The number of hydrogen-bond donors (Lipinski definition) is 1. The van der Waals surface area contributed by atoms with Crippen molar-refractivity contribution in [1.29, 1.82) is 0 Å². The van der Waals surface area contributed by atoms with E-state index >= 15 is 0 Å². The third-order valence-corrected chi connectivity index (χ3v) is 3.53. The molecule has 0 aromatic heterocycles. The fraction of sp³-hybridized carbons (Fsp3) is 0.600. The smallest absolute Gasteiger partial charge is 0.119 e. The lowest BCUT2D eigenvalue weighted by Gasteiger charge is -2.26. The lowest BCUT2D eigenvalue weighted by molar-refractivity contribution is 0.183. The summed E-state index contributed by atoms with van der Waals surface area (Å²) in [6.07, 6.45) is 4.06. The van der Waals surface area contributed by atoms with E-state index in [0.29, 0.717) is 0 Å². The maximum absolute atomic E-state index is 5.81. The van der Waals surface area contributed by atoms with Crippen molar-refractivity contribution in [1.82, 2.24) is 4.90 Å². The second kappa shape index (κ2) is 6.76. The predicted octanol–water partition coefficient (Wildman–Crippen LogP) is 2.57. The van der Waals surface area contributed by atoms with Crippen LogP contribution in [-0.4, -0.2) is 31.1 Å². The van der Waals surface area contributed by atoms with Gasteiger partial charge in [-0.25, -0.2) is 0 Å². The Kier molecular flexibility index (Phi) is 5.02. The van der Waals surface area contributed by atoms with Crippen LogP contribution in [0.2, 0.25) is 0 Å². The van der Waals surface area contributed by atoms with Gasteiger partial charge in [0.1, 0.15) is 12.4 Å². The average molecular weight is 248 g/mol. The summed E-state index contributed by atoms with van der Waals surface area (Å²) in [5.74, 6) is 0.941. The van der Waals surface area contributed by atoms with Crippen molar-refractivity contribution in [3.63, 3.8) is 0 Å². The average Bonchev–Trinajstić information content (AvgIpc) is 2.40. The van der Waals surface area contributed by atoms with Gasteiger partial charge in [-0.2, -0.15) is 0 Å². The molecule has 0 spiro atoms. The predicted molar refractivity (Wildman–Crippen MR) is 74.8 cm³/mol. The van der Waals surface area contributed by atoms with Gasteiger partial charge in [0.2, 0.25) is 0 Å². The Bertz CT molecular complexity index is 342. The van der Waals surface area contributed by atoms with Crippen LogP contribution in [0.3, 0.4) is 0 Å². The number of nitrogens with two attached hydrogens (primary N) is 1. The van der Waals surface area contributed by atoms with Crippen molar-refractivity contribution in [2.24, 2.45) is 5.73 Å². The second-order valence-electron chi connectivity index (χ2n) is 5.11. The summed E-state index contributed by atoms with van der Waals surface area (Å²) >= 11 is 0. The standard InChI is InChI=1S/C15H24N2O/c1-13(16)14-5-7-15(8-6-14)18-12-11-17-9-3-2-4-10-17/h5-8,13H,2-4,9-12,16H2,1H3. The molecule has 0 radical (unpaired) electrons. The fourth-order valence-electron chi connectivity index (χ4n) is 2.34. The topological polar surface area (TPSA) is 38.5 Å². The molecule has 1 aromatic rings. The van der Waals surface area contributed by atoms with Crippen LogP contribution < -0.4 is 10.5 Å². The van der Waals surface area contributed by atoms with Gasteiger partial charge in [-0.3, -0.25) is 4.90 Å². The van der Waals surface area contributed by atoms with Crippen LogP contribution in [0.5, 0.6) is 5.75 Å². The quantitative estimate of drug-likeness (QED) is 0.870. The van der Waals surface area contributed by atoms with Gasteiger partial charge in [0.25, 0.3) is 0 Å². The minimum atomic E-state index is 0.0902. The minimum absolute atomic E-state index is 0.0902. The lowest BCUT2D eigenvalue weighted by Crippen LogP contribution is -2.33. The van der Waals surface area contributed by atoms with Crippen molar-refractivity contribution in [2.45, 2.75) is 32.2 Å². The molecule has 1 aromatic carbocycles. The van der Waals surface area contributed by atoms with Crippen molar-refractivity contribution < 1.29 is 4.74 Å². The molecule has 1 aliphatic rings. The van der Waals surface area contributed by atoms with Gasteiger partial charge in [0.05, 0.1) is 0 Å². The van der Waals surface area contributed by atoms with Crippen molar-refractivity contribution in [3.05, 3.63) is 29.8 Å². The molecule has 2 rings (SSSR count). The number of ether oxygens (including phenoxy) is 1. The van der Waals surface area contributed by atoms with Gasteiger partial charge >= 0.3 is 0 Å². The maximum Gasteiger partial charge on any atom is 0.119 e. The molecule has 0 bridgehead atoms. The molecule has 18 heavy (non-hydrogen) atoms. The molecule has 1 heterocycles. The van der Waals surface area contributed by atoms with Gasteiger partial charge < -0.3 is 10.5 Å². The molecular weight excluding hydrogens is 224 g/mol. The highest BCUT2D eigenvalue weighted by Crippen LogP contribution is 2.16. The molecule has 1 saturated heterocycles. The van der Waals surface area contributed by atoms with E-state index in [9.17, 15) is 0 Å². The first kappa shape index (κ1) is 13.4. The van der Waals surface area contributed by atoms with Crippen molar-refractivity contribution in [2.75, 3.05) is 26.2 Å². The van der Waals surface area contributed by atoms with Crippen LogP contribution in [0.15, 0.2) is 24.3 Å². The van der Waals surface area contributed by atoms with Crippen LogP contribution in [0.4, 0.5) is 0 Å². The summed E-state index contributed by atoms with van der Waals surface area (Å²) < 4.78 is 5.76. The molecule has 1 atom stereocenters. The number of piperidine rings is 1. The van der Waals surface area contributed by atoms with Crippen LogP contribution in [0.1, 0.15) is 37.8 Å². The second-order valence-corrected chi connectivity index (χ2v) is 5.11. The van der Waals surface area contributed by atoms with E-state index in [2.05, 4.69) is 4.90 Å². The molecule has 1 unspecified atom stereocenters. The Morgan fingerprint density at radius 3 is 2.44 bits per heavy atom. The van der Waals surface area contributed by atoms with E-state index in [0.717, 1.165) is 24.5 Å². The number of benzene rings is 1. The molecule has 1 aliphatic heterocycles. The van der Waals surface area contributed by atoms with Gasteiger partial charge in [0.15, 0.2) is 0 Å². The molecule has 0 amide bonds. The number of hydrogen-bond acceptors (Lipinski definition) is 3. The van der Waals surface area contributed by atoms with E-state index in [1.807, 2.05) is 31.2 Å². The van der Waals surface area contributed by atoms with E-state index in [1.54, 1.807) is 0 Å². The van der Waals surface area contributed by atoms with E-state index < -0.39 is 0 Å². The highest BCUT2D eigenvalue weighted by atomic mass is 16.5. The number of nitrogens with zero attached hydrogens (tertiary/aromatic N) is 1. The Balaban J connectivity index is 1.72. The third kappa shape index (κ3) is 4.00. The molecule has 0 aliphatic carbocycles. The zero-order chi connectivity index (χ0) is 12.8. The summed E-state index contributed by atoms with van der Waals surface area (Å²) in [6.45, 7) is 6.26. The Morgan fingerprint density at radius 2 is 1.83 bits per heavy atom. The molecule has 100 valence electrons. The summed E-state index contributed by atoms with van der Waals surface area (Å²) in [6, 6.07) is 8.19. The first-order valence-electron chi connectivity index (χ1n) is 6.96. The largest absolute Gasteiger partial charge is 0.492 e. The normalized spacial score (nSPS) is 18.6. The maximum atomic E-state index is 5.81. The minimum Gasteiger partial charge on any atom is -0.492 e. The SMILES string of the molecule is CC(N)c1ccc(OCCN2CCCCC2)cc1. The van der Waals surface area contributed by atoms with E-state index in [4.69, 9.17) is 10.5 Å². The van der Waals surface area contributed by atoms with E-state index in [1.165, 1.54) is 32.4 Å². The van der Waals surface area contributed by atoms with Crippen LogP contribution in [0, 0.1) is 0 Å². The Labute approximate surface area is 110 Å². The van der Waals surface area contributed by atoms with Crippen molar-refractivity contribution >= 4 is 0 Å². The summed E-state index contributed by atoms with van der Waals surface area (Å²) in [7, 11) is 0. The summed E-state index contributed by atoms with van der Waals surface area (Å²) in [5, 5.41) is 0. The lowest BCUT2D eigenvalue weighted by atomic mass is 10.1. The highest BCUT2D eigenvalue weighted by Gasteiger charge is 2.09. The first-order valence-corrected chi connectivity index (χ1v) is 6.96. The zero-order valence-corrected chi connectivity index (χ0v) is 11.3. The Hall–Kier alpha value is -1.06. The Morgan fingerprint density at radius 1 is 1.17 bits per heavy atom. The number of likely N-dealkylation sites (tertiary alicyclic amines) is 1. The van der Waals surface area contributed by atoms with Gasteiger partial charge in [-0.15, -0.1) is 0 Å². The monoisotopic (exact) mass is 248 g/mol. The van der Waals surface area contributed by atoms with Gasteiger partial charge in [-0.1, -0.05) is 18.6 Å². The highest BCUT2D eigenvalue weighted by molar-refractivity contribution is 5.28. The first-order chi connectivity index (χ1) is 8.75. The van der Waals surface area contributed by atoms with Crippen molar-refractivity contribution in [3.8, 4) is 5.75 Å². The summed E-state index contributed by atoms with van der Waals surface area (Å²) in [5.41, 5.74) is 6.97. The van der Waals surface area contributed by atoms with Crippen LogP contribution >= 0.6 is 0 Å². The van der Waals surface area contributed by atoms with Crippen LogP contribution in [-0.2, 0) is 0 Å². The van der Waals surface area contributed by atoms with Crippen LogP contribution in [0.25, 0.3) is 0 Å². The molecular formula is C15H24N2O. The zero-order valence-electron chi connectivity index (χ0n) is 11.3. The van der Waals surface area contributed by atoms with E-state index in [-0.39, 0.29) is 6.04 Å². The molecule has 1 fully saturated rings. The fourth-order valence-corrected chi connectivity index (χ4v) is 2.34.